The van der Waals surface area contributed by atoms with Gasteiger partial charge in [-0.2, -0.15) is 0 Å². The van der Waals surface area contributed by atoms with E-state index in [1.807, 2.05) is 48.5 Å². The minimum absolute atomic E-state index is 0.00300. The van der Waals surface area contributed by atoms with Gasteiger partial charge in [0.2, 0.25) is 5.91 Å². The molecule has 1 aliphatic heterocycles. The monoisotopic (exact) mass is 365 g/mol. The Kier molecular flexibility index (Phi) is 4.09. The summed E-state index contributed by atoms with van der Waals surface area (Å²) in [7, 11) is 0. The fraction of sp³-hybridized carbons (Fsp3) is 0.125. The molecule has 5 rings (SSSR count). The number of carbonyl (C=O) groups excluding carboxylic acids is 1. The summed E-state index contributed by atoms with van der Waals surface area (Å²) in [6, 6.07) is 18.3. The van der Waals surface area contributed by atoms with Gasteiger partial charge in [-0.25, -0.2) is 0 Å². The summed E-state index contributed by atoms with van der Waals surface area (Å²) in [6.07, 6.45) is 6.27. The molecule has 4 heteroatoms. The van der Waals surface area contributed by atoms with Crippen molar-refractivity contribution in [1.82, 2.24) is 10.3 Å². The molecule has 0 fully saturated rings. The van der Waals surface area contributed by atoms with Gasteiger partial charge in [0.05, 0.1) is 12.3 Å². The number of carbonyl (C=O) groups is 1. The molecule has 1 aromatic heterocycles. The van der Waals surface area contributed by atoms with Gasteiger partial charge < -0.3 is 5.32 Å². The van der Waals surface area contributed by atoms with Crippen molar-refractivity contribution < 1.29 is 4.79 Å². The first-order valence-electron chi connectivity index (χ1n) is 9.41. The van der Waals surface area contributed by atoms with E-state index < -0.39 is 0 Å². The normalized spacial score (nSPS) is 14.1. The van der Waals surface area contributed by atoms with Crippen molar-refractivity contribution in [3.05, 3.63) is 106 Å². The molecule has 1 aliphatic carbocycles. The van der Waals surface area contributed by atoms with Crippen molar-refractivity contribution in [2.75, 3.05) is 0 Å². The fourth-order valence-corrected chi connectivity index (χ4v) is 3.84. The third-order valence-corrected chi connectivity index (χ3v) is 5.28. The first kappa shape index (κ1) is 16.6. The van der Waals surface area contributed by atoms with Gasteiger partial charge in [-0.15, -0.1) is 0 Å². The van der Waals surface area contributed by atoms with Crippen LogP contribution in [0.25, 0.3) is 6.08 Å². The van der Waals surface area contributed by atoms with Crippen molar-refractivity contribution >= 4 is 17.7 Å². The highest BCUT2D eigenvalue weighted by Gasteiger charge is 2.24. The predicted octanol–water partition coefficient (Wildman–Crippen LogP) is 3.69. The van der Waals surface area contributed by atoms with E-state index in [0.29, 0.717) is 19.5 Å². The first-order valence-corrected chi connectivity index (χ1v) is 9.41. The number of rotatable bonds is 4. The molecule has 0 unspecified atom stereocenters. The number of fused-ring (bicyclic) bond motifs is 2. The van der Waals surface area contributed by atoms with Gasteiger partial charge >= 0.3 is 0 Å². The molecule has 2 heterocycles. The Bertz CT molecular complexity index is 1120. The van der Waals surface area contributed by atoms with Crippen LogP contribution < -0.4 is 5.32 Å². The lowest BCUT2D eigenvalue weighted by atomic mass is 9.96. The van der Waals surface area contributed by atoms with E-state index in [1.165, 1.54) is 11.1 Å². The number of aliphatic imine (C=N–C) groups is 1. The molecule has 1 N–H and O–H groups in total. The zero-order chi connectivity index (χ0) is 18.9. The minimum Gasteiger partial charge on any atom is -0.348 e. The van der Waals surface area contributed by atoms with E-state index in [2.05, 4.69) is 22.4 Å². The van der Waals surface area contributed by atoms with Gasteiger partial charge in [-0.05, 0) is 46.5 Å². The Balaban J connectivity index is 1.36. The average Bonchev–Trinajstić information content (AvgIpc) is 3.35. The Hall–Kier alpha value is -3.53. The van der Waals surface area contributed by atoms with E-state index in [9.17, 15) is 4.79 Å². The van der Waals surface area contributed by atoms with E-state index in [4.69, 9.17) is 4.99 Å². The van der Waals surface area contributed by atoms with Crippen LogP contribution in [0.2, 0.25) is 0 Å². The molecule has 4 nitrogen and oxygen atoms in total. The Morgan fingerprint density at radius 3 is 2.64 bits per heavy atom. The Morgan fingerprint density at radius 2 is 1.82 bits per heavy atom. The number of hydrogen-bond donors (Lipinski definition) is 1. The maximum atomic E-state index is 12.6. The SMILES string of the molecule is O=C(NCc1ccccc1)C1=Cc2cc3c(cc2C1)CN=C3c1ccncc1. The van der Waals surface area contributed by atoms with Crippen molar-refractivity contribution in [2.45, 2.75) is 19.5 Å². The van der Waals surface area contributed by atoms with Crippen LogP contribution in [0.5, 0.6) is 0 Å². The lowest BCUT2D eigenvalue weighted by Gasteiger charge is -2.07. The summed E-state index contributed by atoms with van der Waals surface area (Å²) in [5.41, 5.74) is 8.72. The quantitative estimate of drug-likeness (QED) is 0.767. The van der Waals surface area contributed by atoms with E-state index in [-0.39, 0.29) is 5.91 Å². The number of nitrogens with one attached hydrogen (secondary N) is 1. The van der Waals surface area contributed by atoms with Gasteiger partial charge in [0.15, 0.2) is 0 Å². The second-order valence-electron chi connectivity index (χ2n) is 7.12. The van der Waals surface area contributed by atoms with Crippen LogP contribution in [0.4, 0.5) is 0 Å². The van der Waals surface area contributed by atoms with Gasteiger partial charge in [-0.1, -0.05) is 36.4 Å². The third kappa shape index (κ3) is 3.03. The maximum absolute atomic E-state index is 12.6. The molecular formula is C24H19N3O. The molecule has 3 aromatic rings. The predicted molar refractivity (Wildman–Crippen MR) is 110 cm³/mol. The van der Waals surface area contributed by atoms with Gasteiger partial charge in [0, 0.05) is 42.1 Å². The molecule has 0 spiro atoms. The summed E-state index contributed by atoms with van der Waals surface area (Å²) in [5, 5.41) is 3.03. The molecule has 0 bridgehead atoms. The van der Waals surface area contributed by atoms with Crippen molar-refractivity contribution in [1.29, 1.82) is 0 Å². The molecule has 0 saturated heterocycles. The molecule has 0 radical (unpaired) electrons. The second kappa shape index (κ2) is 6.89. The molecule has 2 aliphatic rings. The van der Waals surface area contributed by atoms with Crippen molar-refractivity contribution in [3.8, 4) is 0 Å². The summed E-state index contributed by atoms with van der Waals surface area (Å²) in [6.45, 7) is 1.23. The number of aromatic nitrogens is 1. The van der Waals surface area contributed by atoms with Crippen LogP contribution in [0.1, 0.15) is 33.4 Å². The highest BCUT2D eigenvalue weighted by molar-refractivity contribution is 6.15. The number of benzene rings is 2. The van der Waals surface area contributed by atoms with E-state index >= 15 is 0 Å². The highest BCUT2D eigenvalue weighted by atomic mass is 16.1. The fourth-order valence-electron chi connectivity index (χ4n) is 3.84. The number of nitrogens with zero attached hydrogens (tertiary/aromatic N) is 2. The molecule has 0 saturated carbocycles. The van der Waals surface area contributed by atoms with Gasteiger partial charge in [0.1, 0.15) is 0 Å². The van der Waals surface area contributed by atoms with Gasteiger partial charge in [0.25, 0.3) is 0 Å². The molecule has 0 atom stereocenters. The lowest BCUT2D eigenvalue weighted by molar-refractivity contribution is -0.117. The van der Waals surface area contributed by atoms with Gasteiger partial charge in [-0.3, -0.25) is 14.8 Å². The van der Waals surface area contributed by atoms with Crippen LogP contribution in [0, 0.1) is 0 Å². The summed E-state index contributed by atoms with van der Waals surface area (Å²) < 4.78 is 0. The standard InChI is InChI=1S/C24H19N3O/c28-24(27-14-16-4-2-1-3-5-16)20-10-18-12-21-15-26-23(17-6-8-25-9-7-17)22(21)13-19(18)11-20/h1-9,11-13H,10,14-15H2,(H,27,28). The lowest BCUT2D eigenvalue weighted by Crippen LogP contribution is -2.24. The van der Waals surface area contributed by atoms with E-state index in [1.54, 1.807) is 12.4 Å². The van der Waals surface area contributed by atoms with Crippen LogP contribution in [0.3, 0.4) is 0 Å². The third-order valence-electron chi connectivity index (χ3n) is 5.28. The average molecular weight is 365 g/mol. The first-order chi connectivity index (χ1) is 13.8. The van der Waals surface area contributed by atoms with Crippen LogP contribution in [-0.4, -0.2) is 16.6 Å². The zero-order valence-electron chi connectivity index (χ0n) is 15.4. The molecule has 2 aromatic carbocycles. The topological polar surface area (TPSA) is 54.4 Å². The van der Waals surface area contributed by atoms with Crippen LogP contribution in [-0.2, 0) is 24.3 Å². The summed E-state index contributed by atoms with van der Waals surface area (Å²) in [4.78, 5) is 21.4. The largest absolute Gasteiger partial charge is 0.348 e. The Labute approximate surface area is 163 Å². The zero-order valence-corrected chi connectivity index (χ0v) is 15.4. The van der Waals surface area contributed by atoms with Crippen LogP contribution in [0.15, 0.2) is 77.6 Å². The summed E-state index contributed by atoms with van der Waals surface area (Å²) in [5.74, 6) is 0.00300. The Morgan fingerprint density at radius 1 is 1.00 bits per heavy atom. The highest BCUT2D eigenvalue weighted by Crippen LogP contribution is 2.32. The van der Waals surface area contributed by atoms with Crippen molar-refractivity contribution in [3.63, 3.8) is 0 Å². The second-order valence-corrected chi connectivity index (χ2v) is 7.12. The number of pyridine rings is 1. The minimum atomic E-state index is 0.00300. The van der Waals surface area contributed by atoms with E-state index in [0.717, 1.165) is 33.5 Å². The maximum Gasteiger partial charge on any atom is 0.247 e. The van der Waals surface area contributed by atoms with Crippen molar-refractivity contribution in [2.24, 2.45) is 4.99 Å². The molecular weight excluding hydrogens is 346 g/mol. The number of amides is 1. The smallest absolute Gasteiger partial charge is 0.247 e. The van der Waals surface area contributed by atoms with Crippen LogP contribution >= 0.6 is 0 Å². The molecule has 28 heavy (non-hydrogen) atoms. The summed E-state index contributed by atoms with van der Waals surface area (Å²) >= 11 is 0. The number of hydrogen-bond acceptors (Lipinski definition) is 3. The molecule has 1 amide bonds. The molecule has 136 valence electrons.